The number of nitrogens with zero attached hydrogens (tertiary/aromatic N) is 1. The number of hydrogen-bond acceptors (Lipinski definition) is 1. The third kappa shape index (κ3) is 2.09. The second-order valence-corrected chi connectivity index (χ2v) is 5.80. The molecule has 0 fully saturated rings. The van der Waals surface area contributed by atoms with E-state index < -0.39 is 23.0 Å². The lowest BCUT2D eigenvalue weighted by molar-refractivity contribution is 0.510. The molecule has 1 unspecified atom stereocenters. The molecule has 0 N–H and O–H groups in total. The molecule has 1 heterocycles. The van der Waals surface area contributed by atoms with Crippen LogP contribution >= 0.6 is 0 Å². The molecule has 3 aromatic rings. The van der Waals surface area contributed by atoms with Crippen LogP contribution in [0.25, 0.3) is 10.9 Å². The number of halogens is 2. The average Bonchev–Trinajstić information content (AvgIpc) is 2.75. The number of fused-ring (bicyclic) bond motifs is 1. The first-order chi connectivity index (χ1) is 9.58. The Bertz CT molecular complexity index is 770. The van der Waals surface area contributed by atoms with Crippen molar-refractivity contribution in [3.05, 3.63) is 65.9 Å². The number of rotatable bonds is 2. The van der Waals surface area contributed by atoms with E-state index in [2.05, 4.69) is 0 Å². The lowest BCUT2D eigenvalue weighted by atomic mass is 10.2. The summed E-state index contributed by atoms with van der Waals surface area (Å²) in [5, 5.41) is 0.533. The van der Waals surface area contributed by atoms with Gasteiger partial charge in [0.1, 0.15) is 16.9 Å². The van der Waals surface area contributed by atoms with Gasteiger partial charge in [0.25, 0.3) is 0 Å². The van der Waals surface area contributed by atoms with E-state index in [0.717, 1.165) is 12.1 Å². The molecule has 0 aliphatic heterocycles. The Morgan fingerprint density at radius 2 is 1.65 bits per heavy atom. The van der Waals surface area contributed by atoms with Gasteiger partial charge in [-0.05, 0) is 31.2 Å². The van der Waals surface area contributed by atoms with Gasteiger partial charge in [-0.25, -0.2) is 8.78 Å². The van der Waals surface area contributed by atoms with Crippen molar-refractivity contribution < 1.29 is 13.3 Å². The first kappa shape index (κ1) is 13.1. The smallest absolute Gasteiger partial charge is 0.180 e. The Labute approximate surface area is 118 Å². The third-order valence-corrected chi connectivity index (χ3v) is 4.58. The molecule has 0 amide bonds. The lowest BCUT2D eigenvalue weighted by Crippen LogP contribution is -2.14. The average molecular weight is 291 g/mol. The summed E-state index contributed by atoms with van der Waals surface area (Å²) in [4.78, 5) is 0.609. The SMILES string of the molecule is Cc1cc2cc(F)c(F)cc2n1[S+]([O-])c1ccccc1. The van der Waals surface area contributed by atoms with Gasteiger partial charge in [0.2, 0.25) is 0 Å². The number of benzene rings is 2. The third-order valence-electron chi connectivity index (χ3n) is 3.08. The highest BCUT2D eigenvalue weighted by Crippen LogP contribution is 2.27. The highest BCUT2D eigenvalue weighted by atomic mass is 32.2. The van der Waals surface area contributed by atoms with Crippen molar-refractivity contribution in [2.24, 2.45) is 0 Å². The van der Waals surface area contributed by atoms with E-state index in [1.54, 1.807) is 37.3 Å². The molecule has 3 rings (SSSR count). The van der Waals surface area contributed by atoms with Crippen LogP contribution in [-0.4, -0.2) is 8.53 Å². The van der Waals surface area contributed by atoms with Crippen molar-refractivity contribution in [3.8, 4) is 0 Å². The standard InChI is InChI=1S/C15H11F2NOS/c1-10-7-11-8-13(16)14(17)9-15(11)18(10)20(19)12-5-3-2-4-6-12/h2-9H,1H3. The van der Waals surface area contributed by atoms with Crippen LogP contribution in [0.3, 0.4) is 0 Å². The van der Waals surface area contributed by atoms with Crippen LogP contribution < -0.4 is 0 Å². The van der Waals surface area contributed by atoms with Crippen molar-refractivity contribution in [2.45, 2.75) is 11.8 Å². The lowest BCUT2D eigenvalue weighted by Gasteiger charge is -2.13. The van der Waals surface area contributed by atoms with Crippen molar-refractivity contribution in [2.75, 3.05) is 0 Å². The minimum absolute atomic E-state index is 0.420. The Balaban J connectivity index is 2.21. The minimum Gasteiger partial charge on any atom is -0.587 e. The van der Waals surface area contributed by atoms with Crippen LogP contribution in [0.5, 0.6) is 0 Å². The quantitative estimate of drug-likeness (QED) is 0.660. The molecule has 0 aliphatic rings. The molecule has 0 saturated carbocycles. The topological polar surface area (TPSA) is 28.0 Å². The van der Waals surface area contributed by atoms with Crippen molar-refractivity contribution in [1.29, 1.82) is 0 Å². The second kappa shape index (κ2) is 4.92. The zero-order valence-electron chi connectivity index (χ0n) is 10.6. The zero-order chi connectivity index (χ0) is 14.3. The van der Waals surface area contributed by atoms with Gasteiger partial charge in [-0.2, -0.15) is 3.97 Å². The summed E-state index contributed by atoms with van der Waals surface area (Å²) in [6, 6.07) is 12.8. The van der Waals surface area contributed by atoms with Crippen LogP contribution in [0.1, 0.15) is 5.69 Å². The molecule has 5 heteroatoms. The predicted molar refractivity (Wildman–Crippen MR) is 74.8 cm³/mol. The molecule has 20 heavy (non-hydrogen) atoms. The highest BCUT2D eigenvalue weighted by Gasteiger charge is 2.21. The van der Waals surface area contributed by atoms with Gasteiger partial charge in [0.05, 0.1) is 5.69 Å². The van der Waals surface area contributed by atoms with E-state index in [-0.39, 0.29) is 0 Å². The van der Waals surface area contributed by atoms with Gasteiger partial charge in [-0.3, -0.25) is 0 Å². The summed E-state index contributed by atoms with van der Waals surface area (Å²) in [5.74, 6) is -1.85. The van der Waals surface area contributed by atoms with Gasteiger partial charge in [-0.15, -0.1) is 0 Å². The molecule has 102 valence electrons. The maximum absolute atomic E-state index is 13.4. The fourth-order valence-electron chi connectivity index (χ4n) is 2.18. The van der Waals surface area contributed by atoms with E-state index in [4.69, 9.17) is 0 Å². The molecule has 2 nitrogen and oxygen atoms in total. The van der Waals surface area contributed by atoms with Crippen LogP contribution in [0, 0.1) is 18.6 Å². The number of aromatic nitrogens is 1. The van der Waals surface area contributed by atoms with Crippen molar-refractivity contribution in [3.63, 3.8) is 0 Å². The summed E-state index contributed by atoms with van der Waals surface area (Å²) in [6.07, 6.45) is 0. The van der Waals surface area contributed by atoms with Gasteiger partial charge in [-0.1, -0.05) is 18.2 Å². The Morgan fingerprint density at radius 1 is 1.00 bits per heavy atom. The maximum Gasteiger partial charge on any atom is 0.180 e. The van der Waals surface area contributed by atoms with E-state index in [1.807, 2.05) is 6.07 Å². The van der Waals surface area contributed by atoms with E-state index in [0.29, 0.717) is 21.5 Å². The van der Waals surface area contributed by atoms with Crippen LogP contribution in [0.15, 0.2) is 53.4 Å². The summed E-state index contributed by atoms with van der Waals surface area (Å²) in [6.45, 7) is 1.76. The molecule has 0 aliphatic carbocycles. The van der Waals surface area contributed by atoms with Crippen molar-refractivity contribution >= 4 is 22.3 Å². The molecular weight excluding hydrogens is 280 g/mol. The first-order valence-electron chi connectivity index (χ1n) is 6.02. The monoisotopic (exact) mass is 291 g/mol. The maximum atomic E-state index is 13.4. The fraction of sp³-hybridized carbons (Fsp3) is 0.0667. The van der Waals surface area contributed by atoms with Gasteiger partial charge < -0.3 is 4.55 Å². The van der Waals surface area contributed by atoms with E-state index in [1.165, 1.54) is 3.97 Å². The predicted octanol–water partition coefficient (Wildman–Crippen LogP) is 3.80. The van der Waals surface area contributed by atoms with Crippen LogP contribution in [0.2, 0.25) is 0 Å². The number of hydrogen-bond donors (Lipinski definition) is 0. The molecule has 0 spiro atoms. The molecule has 0 bridgehead atoms. The summed E-state index contributed by atoms with van der Waals surface area (Å²) in [7, 11) is 0. The highest BCUT2D eigenvalue weighted by molar-refractivity contribution is 7.90. The second-order valence-electron chi connectivity index (χ2n) is 4.47. The van der Waals surface area contributed by atoms with E-state index >= 15 is 0 Å². The largest absolute Gasteiger partial charge is 0.587 e. The van der Waals surface area contributed by atoms with E-state index in [9.17, 15) is 13.3 Å². The Morgan fingerprint density at radius 3 is 2.35 bits per heavy atom. The molecule has 1 atom stereocenters. The summed E-state index contributed by atoms with van der Waals surface area (Å²) in [5.41, 5.74) is 1.11. The normalized spacial score (nSPS) is 12.8. The molecule has 0 saturated heterocycles. The fourth-order valence-corrected chi connectivity index (χ4v) is 3.43. The Kier molecular flexibility index (Phi) is 3.23. The number of aryl methyl sites for hydroxylation is 1. The molecule has 0 radical (unpaired) electrons. The first-order valence-corrected chi connectivity index (χ1v) is 7.13. The van der Waals surface area contributed by atoms with Gasteiger partial charge in [0, 0.05) is 11.5 Å². The van der Waals surface area contributed by atoms with Gasteiger partial charge >= 0.3 is 0 Å². The summed E-state index contributed by atoms with van der Waals surface area (Å²) >= 11 is -1.49. The minimum atomic E-state index is -1.49. The molecule has 2 aromatic carbocycles. The summed E-state index contributed by atoms with van der Waals surface area (Å²) < 4.78 is 40.8. The molecule has 1 aromatic heterocycles. The van der Waals surface area contributed by atoms with Crippen LogP contribution in [0.4, 0.5) is 8.78 Å². The van der Waals surface area contributed by atoms with Crippen LogP contribution in [-0.2, 0) is 11.4 Å². The zero-order valence-corrected chi connectivity index (χ0v) is 11.5. The Hall–Kier alpha value is -1.85. The van der Waals surface area contributed by atoms with Crippen molar-refractivity contribution in [1.82, 2.24) is 3.97 Å². The molecular formula is C15H11F2NOS. The van der Waals surface area contributed by atoms with Gasteiger partial charge in [0.15, 0.2) is 16.5 Å².